The van der Waals surface area contributed by atoms with Crippen molar-refractivity contribution in [3.05, 3.63) is 34.4 Å². The highest BCUT2D eigenvalue weighted by Crippen LogP contribution is 2.40. The van der Waals surface area contributed by atoms with E-state index < -0.39 is 43.3 Å². The topological polar surface area (TPSA) is 162 Å². The van der Waals surface area contributed by atoms with Crippen LogP contribution in [0.1, 0.15) is 27.2 Å². The zero-order valence-electron chi connectivity index (χ0n) is 14.9. The average molecular weight is 372 g/mol. The number of carboxylic acids is 2. The quantitative estimate of drug-likeness (QED) is 0.205. The summed E-state index contributed by atoms with van der Waals surface area (Å²) >= 11 is 0. The first-order valence-electron chi connectivity index (χ1n) is 7.67. The predicted octanol–water partition coefficient (Wildman–Crippen LogP) is 0.219. The van der Waals surface area contributed by atoms with Crippen molar-refractivity contribution in [1.29, 1.82) is 0 Å². The molecular formula is C17H24O9. The Morgan fingerprint density at radius 2 is 1.35 bits per heavy atom. The van der Waals surface area contributed by atoms with Crippen molar-refractivity contribution >= 4 is 17.9 Å². The minimum atomic E-state index is -1.60. The molecule has 0 fully saturated rings. The van der Waals surface area contributed by atoms with Crippen LogP contribution in [0, 0.1) is 5.41 Å². The smallest absolute Gasteiger partial charge is 0.337 e. The number of hydrogen-bond donors (Lipinski definition) is 5. The summed E-state index contributed by atoms with van der Waals surface area (Å²) in [6, 6.07) is 0. The van der Waals surface area contributed by atoms with Crippen LogP contribution < -0.4 is 0 Å². The van der Waals surface area contributed by atoms with Crippen molar-refractivity contribution in [3.8, 4) is 0 Å². The first-order valence-corrected chi connectivity index (χ1v) is 7.67. The minimum absolute atomic E-state index is 0.0155. The number of esters is 1. The Labute approximate surface area is 150 Å². The second kappa shape index (κ2) is 10.5. The Hall–Kier alpha value is -2.49. The number of aliphatic hydroxyl groups is 3. The van der Waals surface area contributed by atoms with E-state index in [-0.39, 0.29) is 28.7 Å². The SMILES string of the molecule is CCC(C=C(C)C(=O)O)(C=C(C)C(=O)O)C(C(=O)OCO)=C(CO)CO. The molecule has 0 aliphatic carbocycles. The molecule has 0 saturated carbocycles. The highest BCUT2D eigenvalue weighted by atomic mass is 16.6. The normalized spacial score (nSPS) is 14.4. The average Bonchev–Trinajstić information content (AvgIpc) is 2.58. The lowest BCUT2D eigenvalue weighted by Crippen LogP contribution is -2.30. The van der Waals surface area contributed by atoms with Gasteiger partial charge in [0.1, 0.15) is 0 Å². The molecule has 0 unspecified atom stereocenters. The van der Waals surface area contributed by atoms with Crippen molar-refractivity contribution in [3.63, 3.8) is 0 Å². The first-order chi connectivity index (χ1) is 12.1. The van der Waals surface area contributed by atoms with Gasteiger partial charge in [-0.25, -0.2) is 14.4 Å². The van der Waals surface area contributed by atoms with E-state index in [0.717, 1.165) is 12.2 Å². The summed E-state index contributed by atoms with van der Waals surface area (Å²) < 4.78 is 4.56. The van der Waals surface area contributed by atoms with Crippen LogP contribution >= 0.6 is 0 Å². The summed E-state index contributed by atoms with van der Waals surface area (Å²) in [5.41, 5.74) is -2.50. The molecule has 146 valence electrons. The Morgan fingerprint density at radius 3 is 1.62 bits per heavy atom. The van der Waals surface area contributed by atoms with Crippen LogP contribution in [-0.2, 0) is 19.1 Å². The molecule has 0 amide bonds. The molecule has 0 heterocycles. The van der Waals surface area contributed by atoms with Gasteiger partial charge in [0.25, 0.3) is 0 Å². The van der Waals surface area contributed by atoms with Gasteiger partial charge in [0.05, 0.1) is 18.8 Å². The van der Waals surface area contributed by atoms with Gasteiger partial charge in [0.15, 0.2) is 6.79 Å². The molecule has 0 bridgehead atoms. The summed E-state index contributed by atoms with van der Waals surface area (Å²) in [4.78, 5) is 34.9. The lowest BCUT2D eigenvalue weighted by Gasteiger charge is -2.31. The standard InChI is InChI=1S/C17H24O9/c1-4-17(5-10(2)14(21)22,6-11(3)15(23)24)13(12(7-18)8-19)16(25)26-9-20/h5-6,18-20H,4,7-9H2,1-3H3,(H,21,22)(H,23,24). The van der Waals surface area contributed by atoms with Crippen LogP contribution in [0.2, 0.25) is 0 Å². The fraction of sp³-hybridized carbons (Fsp3) is 0.471. The highest BCUT2D eigenvalue weighted by molar-refractivity contribution is 5.94. The third-order valence-electron chi connectivity index (χ3n) is 3.81. The molecule has 0 atom stereocenters. The van der Waals surface area contributed by atoms with Crippen molar-refractivity contribution in [2.24, 2.45) is 5.41 Å². The van der Waals surface area contributed by atoms with Gasteiger partial charge in [0, 0.05) is 16.6 Å². The molecule has 0 saturated heterocycles. The molecule has 0 aliphatic rings. The summed E-state index contributed by atoms with van der Waals surface area (Å²) in [6.45, 7) is 1.57. The molecule has 0 rings (SSSR count). The lowest BCUT2D eigenvalue weighted by molar-refractivity contribution is -0.148. The van der Waals surface area contributed by atoms with E-state index in [9.17, 15) is 34.8 Å². The van der Waals surface area contributed by atoms with Crippen molar-refractivity contribution in [1.82, 2.24) is 0 Å². The maximum Gasteiger partial charge on any atom is 0.337 e. The predicted molar refractivity (Wildman–Crippen MR) is 89.9 cm³/mol. The number of aliphatic carboxylic acids is 2. The number of carboxylic acid groups (broad SMARTS) is 2. The van der Waals surface area contributed by atoms with Crippen LogP contribution in [0.4, 0.5) is 0 Å². The zero-order chi connectivity index (χ0) is 20.5. The number of hydrogen-bond acceptors (Lipinski definition) is 7. The number of aliphatic hydroxyl groups excluding tert-OH is 3. The second-order valence-electron chi connectivity index (χ2n) is 5.51. The van der Waals surface area contributed by atoms with Crippen LogP contribution in [0.15, 0.2) is 34.4 Å². The number of ether oxygens (including phenoxy) is 1. The molecule has 9 nitrogen and oxygen atoms in total. The maximum atomic E-state index is 12.4. The van der Waals surface area contributed by atoms with Crippen LogP contribution in [0.5, 0.6) is 0 Å². The summed E-state index contributed by atoms with van der Waals surface area (Å²) in [5, 5.41) is 46.2. The van der Waals surface area contributed by atoms with Gasteiger partial charge in [-0.1, -0.05) is 19.1 Å². The third-order valence-corrected chi connectivity index (χ3v) is 3.81. The molecule has 0 aromatic carbocycles. The Balaban J connectivity index is 7.02. The van der Waals surface area contributed by atoms with Gasteiger partial charge in [-0.15, -0.1) is 0 Å². The van der Waals surface area contributed by atoms with E-state index in [1.807, 2.05) is 0 Å². The van der Waals surface area contributed by atoms with Crippen molar-refractivity contribution < 1.29 is 44.7 Å². The van der Waals surface area contributed by atoms with Crippen molar-refractivity contribution in [2.75, 3.05) is 20.0 Å². The van der Waals surface area contributed by atoms with E-state index in [0.29, 0.717) is 0 Å². The number of allylic oxidation sites excluding steroid dienone is 2. The Morgan fingerprint density at radius 1 is 0.923 bits per heavy atom. The molecule has 0 aromatic rings. The Kier molecular flexibility index (Phi) is 9.49. The molecule has 0 aromatic heterocycles. The number of carbonyl (C=O) groups excluding carboxylic acids is 1. The molecule has 9 heteroatoms. The third kappa shape index (κ3) is 5.80. The number of rotatable bonds is 10. The Bertz CT molecular complexity index is 605. The zero-order valence-corrected chi connectivity index (χ0v) is 14.9. The minimum Gasteiger partial charge on any atom is -0.478 e. The van der Waals surface area contributed by atoms with Gasteiger partial charge in [0.2, 0.25) is 0 Å². The monoisotopic (exact) mass is 372 g/mol. The highest BCUT2D eigenvalue weighted by Gasteiger charge is 2.37. The molecular weight excluding hydrogens is 348 g/mol. The summed E-state index contributed by atoms with van der Waals surface area (Å²) in [5.74, 6) is -3.71. The fourth-order valence-corrected chi connectivity index (χ4v) is 2.47. The van der Waals surface area contributed by atoms with Crippen LogP contribution in [0.3, 0.4) is 0 Å². The lowest BCUT2D eigenvalue weighted by atomic mass is 9.73. The van der Waals surface area contributed by atoms with Gasteiger partial charge in [-0.3, -0.25) is 0 Å². The summed E-state index contributed by atoms with van der Waals surface area (Å²) in [6.07, 6.45) is 2.32. The van der Waals surface area contributed by atoms with E-state index in [2.05, 4.69) is 4.74 Å². The number of carbonyl (C=O) groups is 3. The largest absolute Gasteiger partial charge is 0.478 e. The molecule has 26 heavy (non-hydrogen) atoms. The summed E-state index contributed by atoms with van der Waals surface area (Å²) in [7, 11) is 0. The van der Waals surface area contributed by atoms with Gasteiger partial charge in [-0.05, 0) is 25.8 Å². The van der Waals surface area contributed by atoms with Crippen LogP contribution in [0.25, 0.3) is 0 Å². The molecule has 0 aliphatic heterocycles. The van der Waals surface area contributed by atoms with E-state index in [1.165, 1.54) is 13.8 Å². The van der Waals surface area contributed by atoms with E-state index in [4.69, 9.17) is 5.11 Å². The van der Waals surface area contributed by atoms with E-state index >= 15 is 0 Å². The van der Waals surface area contributed by atoms with Gasteiger partial charge in [-0.2, -0.15) is 0 Å². The molecule has 0 spiro atoms. The first kappa shape index (κ1) is 23.5. The molecule has 5 N–H and O–H groups in total. The van der Waals surface area contributed by atoms with E-state index in [1.54, 1.807) is 6.92 Å². The van der Waals surface area contributed by atoms with Gasteiger partial charge < -0.3 is 30.3 Å². The van der Waals surface area contributed by atoms with Gasteiger partial charge >= 0.3 is 17.9 Å². The maximum absolute atomic E-state index is 12.4. The fourth-order valence-electron chi connectivity index (χ4n) is 2.47. The second-order valence-corrected chi connectivity index (χ2v) is 5.51. The van der Waals surface area contributed by atoms with Crippen molar-refractivity contribution in [2.45, 2.75) is 27.2 Å². The van der Waals surface area contributed by atoms with Crippen LogP contribution in [-0.4, -0.2) is 63.4 Å². The molecule has 0 radical (unpaired) electrons.